The van der Waals surface area contributed by atoms with Gasteiger partial charge in [-0.1, -0.05) is 30.7 Å². The molecule has 0 radical (unpaired) electrons. The second-order valence-electron chi connectivity index (χ2n) is 15.6. The fraction of sp³-hybridized carbons (Fsp3) is 0.422. The third-order valence-electron chi connectivity index (χ3n) is 11.6. The molecule has 0 spiro atoms. The van der Waals surface area contributed by atoms with E-state index >= 15 is 8.78 Å². The second-order valence-corrected chi connectivity index (χ2v) is 16.7. The van der Waals surface area contributed by atoms with Gasteiger partial charge in [-0.15, -0.1) is 11.3 Å². The first kappa shape index (κ1) is 41.2. The van der Waals surface area contributed by atoms with Gasteiger partial charge in [-0.25, -0.2) is 13.6 Å². The van der Waals surface area contributed by atoms with Gasteiger partial charge in [-0.05, 0) is 117 Å². The summed E-state index contributed by atoms with van der Waals surface area (Å²) in [5, 5.41) is 15.2. The van der Waals surface area contributed by atoms with Gasteiger partial charge in [0.2, 0.25) is 5.91 Å². The third-order valence-corrected chi connectivity index (χ3v) is 12.8. The van der Waals surface area contributed by atoms with Gasteiger partial charge in [0.25, 0.3) is 11.8 Å². The van der Waals surface area contributed by atoms with Crippen LogP contribution in [0.3, 0.4) is 0 Å². The van der Waals surface area contributed by atoms with E-state index in [1.807, 2.05) is 18.2 Å². The molecule has 2 atom stereocenters. The van der Waals surface area contributed by atoms with E-state index in [0.29, 0.717) is 41.9 Å². The first-order valence-electron chi connectivity index (χ1n) is 20.3. The van der Waals surface area contributed by atoms with E-state index in [9.17, 15) is 19.2 Å². The Labute approximate surface area is 341 Å². The molecule has 3 N–H and O–H groups in total. The maximum Gasteiger partial charge on any atom is 0.335 e. The smallest absolute Gasteiger partial charge is 0.335 e. The third kappa shape index (κ3) is 9.65. The maximum atomic E-state index is 15.3. The van der Waals surface area contributed by atoms with E-state index in [4.69, 9.17) is 9.84 Å². The average molecular weight is 813 g/mol. The number of fused-ring (bicyclic) bond motifs is 3. The Balaban J connectivity index is 0.990. The Hall–Kier alpha value is -4.98. The van der Waals surface area contributed by atoms with Crippen molar-refractivity contribution in [1.82, 2.24) is 9.80 Å². The molecular weight excluding hydrogens is 763 g/mol. The Bertz CT molecular complexity index is 2120. The van der Waals surface area contributed by atoms with Crippen molar-refractivity contribution in [3.8, 4) is 0 Å². The van der Waals surface area contributed by atoms with Crippen molar-refractivity contribution < 1.29 is 37.8 Å². The van der Waals surface area contributed by atoms with Gasteiger partial charge in [-0.2, -0.15) is 0 Å². The highest BCUT2D eigenvalue weighted by Gasteiger charge is 2.42. The van der Waals surface area contributed by atoms with E-state index in [2.05, 4.69) is 20.4 Å². The first-order chi connectivity index (χ1) is 28.1. The lowest BCUT2D eigenvalue weighted by atomic mass is 9.95. The van der Waals surface area contributed by atoms with Gasteiger partial charge in [0.05, 0.1) is 11.1 Å². The molecule has 2 bridgehead atoms. The Morgan fingerprint density at radius 2 is 1.55 bits per heavy atom. The first-order valence-corrected chi connectivity index (χ1v) is 21.1. The number of unbranched alkanes of at least 4 members (excludes halogenated alkanes) is 2. The minimum atomic E-state index is -1.05. The van der Waals surface area contributed by atoms with Gasteiger partial charge in [0.15, 0.2) is 0 Å². The SMILES string of the molecule is COCCCCCC(=O)N1C2CCC1CN(Cc1cccc(C(=O)Nc3sc4c(c3C(=O)Nc3cc(F)c(CCc5ccc(C(=O)O)cc5)c(F)c3)CCCC4)c1)C2. The molecular formula is C45H50F2N4O6S. The van der Waals surface area contributed by atoms with E-state index < -0.39 is 23.5 Å². The number of rotatable bonds is 16. The van der Waals surface area contributed by atoms with E-state index in [-0.39, 0.29) is 47.1 Å². The number of ether oxygens (including phenoxy) is 1. The summed E-state index contributed by atoms with van der Waals surface area (Å²) in [7, 11) is 1.70. The summed E-state index contributed by atoms with van der Waals surface area (Å²) in [5.41, 5.74) is 3.30. The normalized spacial score (nSPS) is 17.5. The molecule has 3 aromatic carbocycles. The summed E-state index contributed by atoms with van der Waals surface area (Å²) >= 11 is 1.37. The molecule has 306 valence electrons. The number of likely N-dealkylation sites (tertiary alicyclic amines) is 1. The van der Waals surface area contributed by atoms with Crippen LogP contribution in [0.15, 0.2) is 60.7 Å². The largest absolute Gasteiger partial charge is 0.478 e. The highest BCUT2D eigenvalue weighted by atomic mass is 32.1. The number of carboxylic acid groups (broad SMARTS) is 1. The molecule has 10 nitrogen and oxygen atoms in total. The zero-order valence-electron chi connectivity index (χ0n) is 32.8. The molecule has 3 heterocycles. The molecule has 2 unspecified atom stereocenters. The van der Waals surface area contributed by atoms with E-state index in [0.717, 1.165) is 105 Å². The van der Waals surface area contributed by atoms with Crippen molar-refractivity contribution in [2.45, 2.75) is 95.7 Å². The number of thiophene rings is 1. The summed E-state index contributed by atoms with van der Waals surface area (Å²) in [4.78, 5) is 57.5. The lowest BCUT2D eigenvalue weighted by Crippen LogP contribution is -2.55. The lowest BCUT2D eigenvalue weighted by Gasteiger charge is -2.41. The number of nitrogens with zero attached hydrogens (tertiary/aromatic N) is 2. The summed E-state index contributed by atoms with van der Waals surface area (Å²) in [6.07, 6.45) is 9.03. The molecule has 2 aliphatic heterocycles. The fourth-order valence-electron chi connectivity index (χ4n) is 8.68. The number of aryl methyl sites for hydroxylation is 2. The Morgan fingerprint density at radius 3 is 2.26 bits per heavy atom. The van der Waals surface area contributed by atoms with Crippen LogP contribution >= 0.6 is 11.3 Å². The molecule has 1 aromatic heterocycles. The number of carbonyl (C=O) groups excluding carboxylic acids is 3. The van der Waals surface area contributed by atoms with Crippen LogP contribution in [0.4, 0.5) is 19.5 Å². The van der Waals surface area contributed by atoms with Crippen LogP contribution in [-0.4, -0.2) is 77.5 Å². The summed E-state index contributed by atoms with van der Waals surface area (Å²) in [6.45, 7) is 2.96. The van der Waals surface area contributed by atoms with Crippen molar-refractivity contribution in [3.63, 3.8) is 0 Å². The minimum Gasteiger partial charge on any atom is -0.478 e. The molecule has 2 saturated heterocycles. The van der Waals surface area contributed by atoms with Crippen LogP contribution in [0.5, 0.6) is 0 Å². The van der Waals surface area contributed by atoms with E-state index in [1.165, 1.54) is 23.5 Å². The number of halogens is 2. The number of hydrogen-bond donors (Lipinski definition) is 3. The number of piperazine rings is 1. The van der Waals surface area contributed by atoms with Gasteiger partial charge >= 0.3 is 5.97 Å². The number of aromatic carboxylic acids is 1. The topological polar surface area (TPSA) is 128 Å². The lowest BCUT2D eigenvalue weighted by molar-refractivity contribution is -0.137. The number of benzene rings is 3. The quantitative estimate of drug-likeness (QED) is 0.0973. The molecule has 4 aromatic rings. The number of carboxylic acids is 1. The van der Waals surface area contributed by atoms with Crippen LogP contribution < -0.4 is 10.6 Å². The van der Waals surface area contributed by atoms with Crippen molar-refractivity contribution in [3.05, 3.63) is 116 Å². The highest BCUT2D eigenvalue weighted by molar-refractivity contribution is 7.17. The average Bonchev–Trinajstić information content (AvgIpc) is 3.71. The summed E-state index contributed by atoms with van der Waals surface area (Å²) < 4.78 is 35.7. The van der Waals surface area contributed by atoms with Gasteiger partial charge in [0, 0.05) is 73.5 Å². The molecule has 3 amide bonds. The van der Waals surface area contributed by atoms with Crippen molar-refractivity contribution >= 4 is 45.7 Å². The predicted octanol–water partition coefficient (Wildman–Crippen LogP) is 8.28. The molecule has 7 rings (SSSR count). The number of amides is 3. The van der Waals surface area contributed by atoms with Crippen LogP contribution in [0, 0.1) is 11.6 Å². The maximum absolute atomic E-state index is 15.3. The zero-order chi connectivity index (χ0) is 40.8. The fourth-order valence-corrected chi connectivity index (χ4v) is 9.97. The monoisotopic (exact) mass is 812 g/mol. The standard InChI is InChI=1S/C45H50F2N4O6S/c1-57-21-6-2-3-12-40(52)51-33-18-19-34(51)27-50(26-33)25-29-8-7-9-31(22-29)42(53)49-44-41(36-10-4-5-11-39(36)58-44)43(54)48-32-23-37(46)35(38(47)24-32)20-15-28-13-16-30(17-14-28)45(55)56/h7-9,13-14,16-17,22-24,33-34H,2-6,10-12,15,18-21,25-27H2,1H3,(H,48,54)(H,49,53)(H,55,56). The predicted molar refractivity (Wildman–Crippen MR) is 220 cm³/mol. The van der Waals surface area contributed by atoms with Gasteiger partial charge < -0.3 is 25.4 Å². The van der Waals surface area contributed by atoms with Crippen molar-refractivity contribution in [2.75, 3.05) is 37.4 Å². The zero-order valence-corrected chi connectivity index (χ0v) is 33.6. The number of methoxy groups -OCH3 is 1. The molecule has 13 heteroatoms. The molecule has 1 aliphatic carbocycles. The summed E-state index contributed by atoms with van der Waals surface area (Å²) in [6, 6.07) is 16.2. The minimum absolute atomic E-state index is 0.0353. The second kappa shape index (κ2) is 18.7. The van der Waals surface area contributed by atoms with Crippen LogP contribution in [0.25, 0.3) is 0 Å². The number of nitrogens with one attached hydrogen (secondary N) is 2. The van der Waals surface area contributed by atoms with Crippen LogP contribution in [0.2, 0.25) is 0 Å². The number of anilines is 2. The number of carbonyl (C=O) groups is 4. The van der Waals surface area contributed by atoms with Crippen molar-refractivity contribution in [1.29, 1.82) is 0 Å². The van der Waals surface area contributed by atoms with Gasteiger partial charge in [-0.3, -0.25) is 19.3 Å². The Kier molecular flexibility index (Phi) is 13.3. The molecule has 2 fully saturated rings. The Morgan fingerprint density at radius 1 is 0.828 bits per heavy atom. The highest BCUT2D eigenvalue weighted by Crippen LogP contribution is 2.39. The van der Waals surface area contributed by atoms with Gasteiger partial charge in [0.1, 0.15) is 16.6 Å². The van der Waals surface area contributed by atoms with E-state index in [1.54, 1.807) is 25.3 Å². The number of hydrogen-bond acceptors (Lipinski definition) is 7. The molecule has 3 aliphatic rings. The summed E-state index contributed by atoms with van der Waals surface area (Å²) in [5.74, 6) is -3.31. The van der Waals surface area contributed by atoms with Crippen molar-refractivity contribution in [2.24, 2.45) is 0 Å². The molecule has 58 heavy (non-hydrogen) atoms. The van der Waals surface area contributed by atoms with Crippen LogP contribution in [0.1, 0.15) is 110 Å². The molecule has 0 saturated carbocycles. The van der Waals surface area contributed by atoms with Crippen LogP contribution in [-0.2, 0) is 41.8 Å².